The molecule has 0 saturated carbocycles. The molecule has 2 aliphatic heterocycles. The van der Waals surface area contributed by atoms with Crippen molar-refractivity contribution in [1.29, 1.82) is 0 Å². The van der Waals surface area contributed by atoms with Crippen molar-refractivity contribution in [2.45, 2.75) is 24.2 Å². The van der Waals surface area contributed by atoms with Gasteiger partial charge in [-0.1, -0.05) is 12.1 Å². The quantitative estimate of drug-likeness (QED) is 0.563. The van der Waals surface area contributed by atoms with Crippen LogP contribution in [-0.4, -0.2) is 67.7 Å². The van der Waals surface area contributed by atoms with Crippen LogP contribution in [0.2, 0.25) is 0 Å². The van der Waals surface area contributed by atoms with E-state index in [-0.39, 0.29) is 23.9 Å². The largest absolute Gasteiger partial charge is 0.340 e. The van der Waals surface area contributed by atoms with Crippen LogP contribution in [0.1, 0.15) is 19.3 Å². The van der Waals surface area contributed by atoms with Crippen LogP contribution in [0, 0.1) is 16.0 Å². The Balaban J connectivity index is 1.59. The third kappa shape index (κ3) is 4.45. The Morgan fingerprint density at radius 3 is 2.56 bits per heavy atom. The zero-order chi connectivity index (χ0) is 19.4. The van der Waals surface area contributed by atoms with E-state index in [4.69, 9.17) is 0 Å². The smallest absolute Gasteiger partial charge is 0.289 e. The number of nitro benzene ring substituents is 1. The topological polar surface area (TPSA) is 113 Å². The summed E-state index contributed by atoms with van der Waals surface area (Å²) in [6, 6.07) is 5.34. The van der Waals surface area contributed by atoms with Gasteiger partial charge in [-0.15, -0.1) is 0 Å². The van der Waals surface area contributed by atoms with E-state index in [1.165, 1.54) is 28.6 Å². The minimum atomic E-state index is -3.97. The molecule has 9 nitrogen and oxygen atoms in total. The van der Waals surface area contributed by atoms with Gasteiger partial charge >= 0.3 is 0 Å². The molecular formula is C17H24N4O5S. The molecule has 1 amide bonds. The lowest BCUT2D eigenvalue weighted by molar-refractivity contribution is -0.387. The fraction of sp³-hybridized carbons (Fsp3) is 0.588. The van der Waals surface area contributed by atoms with E-state index in [1.807, 2.05) is 0 Å². The molecule has 0 aliphatic carbocycles. The van der Waals surface area contributed by atoms with Gasteiger partial charge in [-0.05, 0) is 37.9 Å². The molecule has 0 aromatic heterocycles. The molecule has 1 aromatic carbocycles. The Labute approximate surface area is 158 Å². The maximum atomic E-state index is 12.8. The molecule has 1 unspecified atom stereocenters. The van der Waals surface area contributed by atoms with Gasteiger partial charge in [0.05, 0.1) is 4.92 Å². The van der Waals surface area contributed by atoms with Crippen LogP contribution in [0.4, 0.5) is 5.69 Å². The SMILES string of the molecule is O=C(CCC1CCNC1)N1CCN(S(=O)(=O)c2ccccc2[N+](=O)[O-])CC1. The van der Waals surface area contributed by atoms with E-state index in [0.29, 0.717) is 25.4 Å². The first-order valence-corrected chi connectivity index (χ1v) is 10.6. The molecule has 148 valence electrons. The van der Waals surface area contributed by atoms with E-state index in [0.717, 1.165) is 25.9 Å². The number of hydrogen-bond donors (Lipinski definition) is 1. The van der Waals surface area contributed by atoms with Crippen molar-refractivity contribution in [3.8, 4) is 0 Å². The number of nitrogens with zero attached hydrogens (tertiary/aromatic N) is 3. The van der Waals surface area contributed by atoms with Gasteiger partial charge in [0.25, 0.3) is 5.69 Å². The molecule has 1 atom stereocenters. The van der Waals surface area contributed by atoms with Crippen LogP contribution in [0.15, 0.2) is 29.2 Å². The van der Waals surface area contributed by atoms with E-state index in [1.54, 1.807) is 4.90 Å². The fourth-order valence-corrected chi connectivity index (χ4v) is 5.17. The lowest BCUT2D eigenvalue weighted by Gasteiger charge is -2.34. The number of piperazine rings is 1. The molecule has 0 spiro atoms. The number of amides is 1. The second kappa shape index (κ2) is 8.32. The van der Waals surface area contributed by atoms with Gasteiger partial charge < -0.3 is 10.2 Å². The normalized spacial score (nSPS) is 21.3. The monoisotopic (exact) mass is 396 g/mol. The van der Waals surface area contributed by atoms with E-state index >= 15 is 0 Å². The summed E-state index contributed by atoms with van der Waals surface area (Å²) in [7, 11) is -3.97. The molecule has 27 heavy (non-hydrogen) atoms. The van der Waals surface area contributed by atoms with Gasteiger partial charge in [-0.25, -0.2) is 8.42 Å². The highest BCUT2D eigenvalue weighted by atomic mass is 32.2. The minimum absolute atomic E-state index is 0.0460. The van der Waals surface area contributed by atoms with Gasteiger partial charge in [0.1, 0.15) is 0 Å². The first-order chi connectivity index (χ1) is 12.9. The lowest BCUT2D eigenvalue weighted by Crippen LogP contribution is -2.50. The second-order valence-corrected chi connectivity index (χ2v) is 8.81. The number of hydrogen-bond acceptors (Lipinski definition) is 6. The van der Waals surface area contributed by atoms with Crippen LogP contribution in [0.25, 0.3) is 0 Å². The van der Waals surface area contributed by atoms with Crippen molar-refractivity contribution in [2.24, 2.45) is 5.92 Å². The number of para-hydroxylation sites is 1. The molecule has 10 heteroatoms. The molecule has 1 N–H and O–H groups in total. The van der Waals surface area contributed by atoms with Crippen molar-refractivity contribution < 1.29 is 18.1 Å². The molecule has 2 aliphatic rings. The van der Waals surface area contributed by atoms with Crippen LogP contribution in [0.5, 0.6) is 0 Å². The Bertz CT molecular complexity index is 799. The fourth-order valence-electron chi connectivity index (χ4n) is 3.59. The maximum absolute atomic E-state index is 12.8. The number of benzene rings is 1. The first kappa shape index (κ1) is 19.7. The summed E-state index contributed by atoms with van der Waals surface area (Å²) in [6.07, 6.45) is 2.42. The van der Waals surface area contributed by atoms with Gasteiger partial charge in [-0.3, -0.25) is 14.9 Å². The van der Waals surface area contributed by atoms with Gasteiger partial charge in [0.2, 0.25) is 15.9 Å². The van der Waals surface area contributed by atoms with Crippen molar-refractivity contribution in [3.63, 3.8) is 0 Å². The van der Waals surface area contributed by atoms with Crippen molar-refractivity contribution >= 4 is 21.6 Å². The molecule has 2 heterocycles. The Morgan fingerprint density at radius 1 is 1.22 bits per heavy atom. The van der Waals surface area contributed by atoms with Crippen molar-refractivity contribution in [2.75, 3.05) is 39.3 Å². The standard InChI is InChI=1S/C17H24N4O5S/c22-17(6-5-14-7-8-18-13-14)19-9-11-20(12-10-19)27(25,26)16-4-2-1-3-15(16)21(23)24/h1-4,14,18H,5-13H2. The summed E-state index contributed by atoms with van der Waals surface area (Å²) in [5.41, 5.74) is -0.429. The maximum Gasteiger partial charge on any atom is 0.289 e. The average Bonchev–Trinajstić information content (AvgIpc) is 3.20. The van der Waals surface area contributed by atoms with Crippen LogP contribution in [0.3, 0.4) is 0 Å². The van der Waals surface area contributed by atoms with Gasteiger partial charge in [0.15, 0.2) is 4.90 Å². The number of sulfonamides is 1. The second-order valence-electron chi connectivity index (χ2n) is 6.91. The molecule has 0 radical (unpaired) electrons. The Morgan fingerprint density at radius 2 is 1.93 bits per heavy atom. The van der Waals surface area contributed by atoms with Crippen molar-refractivity contribution in [1.82, 2.24) is 14.5 Å². The minimum Gasteiger partial charge on any atom is -0.340 e. The number of carbonyl (C=O) groups excluding carboxylic acids is 1. The Kier molecular flexibility index (Phi) is 6.08. The number of nitro groups is 1. The van der Waals surface area contributed by atoms with E-state index in [2.05, 4.69) is 5.32 Å². The molecule has 1 aromatic rings. The van der Waals surface area contributed by atoms with Gasteiger partial charge in [-0.2, -0.15) is 4.31 Å². The number of rotatable bonds is 6. The predicted octanol–water partition coefficient (Wildman–Crippen LogP) is 0.817. The summed E-state index contributed by atoms with van der Waals surface area (Å²) in [5, 5.41) is 14.4. The van der Waals surface area contributed by atoms with Crippen LogP contribution >= 0.6 is 0 Å². The predicted molar refractivity (Wildman–Crippen MR) is 98.6 cm³/mol. The van der Waals surface area contributed by atoms with Gasteiger partial charge in [0, 0.05) is 38.7 Å². The lowest BCUT2D eigenvalue weighted by atomic mass is 10.0. The molecule has 2 saturated heterocycles. The summed E-state index contributed by atoms with van der Waals surface area (Å²) in [6.45, 7) is 2.86. The summed E-state index contributed by atoms with van der Waals surface area (Å²) >= 11 is 0. The summed E-state index contributed by atoms with van der Waals surface area (Å²) in [5.74, 6) is 0.582. The van der Waals surface area contributed by atoms with Crippen LogP contribution < -0.4 is 5.32 Å². The third-order valence-electron chi connectivity index (χ3n) is 5.20. The number of carbonyl (C=O) groups is 1. The average molecular weight is 396 g/mol. The Hall–Kier alpha value is -2.04. The molecule has 2 fully saturated rings. The summed E-state index contributed by atoms with van der Waals surface area (Å²) in [4.78, 5) is 24.2. The first-order valence-electron chi connectivity index (χ1n) is 9.11. The molecule has 0 bridgehead atoms. The summed E-state index contributed by atoms with van der Waals surface area (Å²) < 4.78 is 26.8. The highest BCUT2D eigenvalue weighted by Crippen LogP contribution is 2.27. The zero-order valence-electron chi connectivity index (χ0n) is 15.0. The number of nitrogens with one attached hydrogen (secondary N) is 1. The molecule has 3 rings (SSSR count). The molecular weight excluding hydrogens is 372 g/mol. The highest BCUT2D eigenvalue weighted by molar-refractivity contribution is 7.89. The van der Waals surface area contributed by atoms with Crippen LogP contribution in [-0.2, 0) is 14.8 Å². The third-order valence-corrected chi connectivity index (χ3v) is 7.15. The van der Waals surface area contributed by atoms with E-state index in [9.17, 15) is 23.3 Å². The highest BCUT2D eigenvalue weighted by Gasteiger charge is 2.34. The zero-order valence-corrected chi connectivity index (χ0v) is 15.9. The van der Waals surface area contributed by atoms with E-state index < -0.39 is 20.6 Å². The van der Waals surface area contributed by atoms with Crippen molar-refractivity contribution in [3.05, 3.63) is 34.4 Å².